The van der Waals surface area contributed by atoms with Gasteiger partial charge in [-0.25, -0.2) is 9.59 Å². The maximum absolute atomic E-state index is 12.2. The van der Waals surface area contributed by atoms with Crippen LogP contribution in [0.25, 0.3) is 0 Å². The molecule has 0 saturated carbocycles. The third kappa shape index (κ3) is 4.85. The monoisotopic (exact) mass is 391 g/mol. The fourth-order valence-corrected chi connectivity index (χ4v) is 3.50. The van der Waals surface area contributed by atoms with Crippen LogP contribution in [0.2, 0.25) is 0 Å². The molecule has 1 aromatic heterocycles. The zero-order valence-corrected chi connectivity index (χ0v) is 16.4. The van der Waals surface area contributed by atoms with Crippen molar-refractivity contribution < 1.29 is 28.6 Å². The minimum Gasteiger partial charge on any atom is -0.484 e. The van der Waals surface area contributed by atoms with Gasteiger partial charge in [-0.2, -0.15) is 0 Å². The Morgan fingerprint density at radius 3 is 2.22 bits per heavy atom. The van der Waals surface area contributed by atoms with Gasteiger partial charge in [-0.15, -0.1) is 11.3 Å². The average Bonchev–Trinajstić information content (AvgIpc) is 3.01. The lowest BCUT2D eigenvalue weighted by Gasteiger charge is -2.08. The van der Waals surface area contributed by atoms with E-state index in [1.807, 2.05) is 19.1 Å². The number of hydrogen-bond donors (Lipinski definition) is 1. The molecule has 0 atom stereocenters. The lowest BCUT2D eigenvalue weighted by molar-refractivity contribution is -0.118. The second-order valence-electron chi connectivity index (χ2n) is 5.58. The second-order valence-corrected chi connectivity index (χ2v) is 6.60. The lowest BCUT2D eigenvalue weighted by Crippen LogP contribution is -2.21. The molecule has 7 nitrogen and oxygen atoms in total. The number of aryl methyl sites for hydroxylation is 1. The summed E-state index contributed by atoms with van der Waals surface area (Å²) < 4.78 is 14.9. The summed E-state index contributed by atoms with van der Waals surface area (Å²) >= 11 is 0.955. The number of ether oxygens (including phenoxy) is 3. The molecule has 2 aromatic rings. The number of carbonyl (C=O) groups excluding carboxylic acids is 3. The van der Waals surface area contributed by atoms with Crippen molar-refractivity contribution in [3.05, 3.63) is 45.8 Å². The number of hydrogen-bond acceptors (Lipinski definition) is 7. The van der Waals surface area contributed by atoms with Gasteiger partial charge in [-0.3, -0.25) is 4.79 Å². The summed E-state index contributed by atoms with van der Waals surface area (Å²) in [5.41, 5.74) is 1.69. The number of carbonyl (C=O) groups is 3. The van der Waals surface area contributed by atoms with Crippen LogP contribution >= 0.6 is 11.3 Å². The highest BCUT2D eigenvalue weighted by molar-refractivity contribution is 7.18. The predicted octanol–water partition coefficient (Wildman–Crippen LogP) is 3.21. The quantitative estimate of drug-likeness (QED) is 0.729. The molecule has 0 fully saturated rings. The third-order valence-corrected chi connectivity index (χ3v) is 5.05. The molecule has 0 saturated heterocycles. The molecular weight excluding hydrogens is 370 g/mol. The Balaban J connectivity index is 2.13. The highest BCUT2D eigenvalue weighted by atomic mass is 32.1. The van der Waals surface area contributed by atoms with Gasteiger partial charge in [-0.1, -0.05) is 19.1 Å². The van der Waals surface area contributed by atoms with E-state index in [-0.39, 0.29) is 22.0 Å². The molecule has 0 spiro atoms. The summed E-state index contributed by atoms with van der Waals surface area (Å²) in [6.45, 7) is 3.40. The average molecular weight is 391 g/mol. The van der Waals surface area contributed by atoms with Gasteiger partial charge in [0.1, 0.15) is 15.6 Å². The Bertz CT molecular complexity index is 841. The van der Waals surface area contributed by atoms with Gasteiger partial charge < -0.3 is 19.5 Å². The highest BCUT2D eigenvalue weighted by Crippen LogP contribution is 2.34. The minimum absolute atomic E-state index is 0.128. The smallest absolute Gasteiger partial charge is 0.348 e. The van der Waals surface area contributed by atoms with E-state index in [0.717, 1.165) is 17.8 Å². The topological polar surface area (TPSA) is 90.9 Å². The standard InChI is InChI=1S/C19H21NO6S/c1-5-12-6-8-13(9-7-12)26-10-14(21)20-17-15(18(22)24-3)11(2)16(27-17)19(23)25-4/h6-9H,5,10H2,1-4H3,(H,20,21). The Morgan fingerprint density at radius 1 is 1.04 bits per heavy atom. The summed E-state index contributed by atoms with van der Waals surface area (Å²) in [5.74, 6) is -1.13. The number of rotatable bonds is 7. The van der Waals surface area contributed by atoms with E-state index < -0.39 is 17.8 Å². The number of nitrogens with one attached hydrogen (secondary N) is 1. The van der Waals surface area contributed by atoms with E-state index in [2.05, 4.69) is 5.32 Å². The zero-order chi connectivity index (χ0) is 20.0. The van der Waals surface area contributed by atoms with Crippen molar-refractivity contribution in [3.63, 3.8) is 0 Å². The lowest BCUT2D eigenvalue weighted by atomic mass is 10.1. The van der Waals surface area contributed by atoms with E-state index in [1.165, 1.54) is 19.8 Å². The Kier molecular flexibility index (Phi) is 6.95. The van der Waals surface area contributed by atoms with Gasteiger partial charge in [0, 0.05) is 0 Å². The van der Waals surface area contributed by atoms with Gasteiger partial charge in [0.15, 0.2) is 6.61 Å². The molecule has 1 aromatic carbocycles. The molecule has 1 amide bonds. The van der Waals surface area contributed by atoms with Crippen molar-refractivity contribution >= 4 is 34.2 Å². The number of benzene rings is 1. The Hall–Kier alpha value is -2.87. The Labute approximate surface area is 161 Å². The molecule has 1 N–H and O–H groups in total. The maximum Gasteiger partial charge on any atom is 0.348 e. The van der Waals surface area contributed by atoms with Crippen molar-refractivity contribution in [2.45, 2.75) is 20.3 Å². The molecule has 0 unspecified atom stereocenters. The van der Waals surface area contributed by atoms with Crippen LogP contribution in [-0.4, -0.2) is 38.7 Å². The van der Waals surface area contributed by atoms with Crippen molar-refractivity contribution in [2.75, 3.05) is 26.1 Å². The largest absolute Gasteiger partial charge is 0.484 e. The first-order valence-electron chi connectivity index (χ1n) is 8.22. The highest BCUT2D eigenvalue weighted by Gasteiger charge is 2.26. The van der Waals surface area contributed by atoms with Gasteiger partial charge in [0.25, 0.3) is 5.91 Å². The second kappa shape index (κ2) is 9.18. The molecule has 0 radical (unpaired) electrons. The van der Waals surface area contributed by atoms with Crippen molar-refractivity contribution in [2.24, 2.45) is 0 Å². The van der Waals surface area contributed by atoms with Crippen molar-refractivity contribution in [3.8, 4) is 5.75 Å². The summed E-state index contributed by atoms with van der Waals surface area (Å²) in [6, 6.07) is 7.43. The number of thiophene rings is 1. The van der Waals surface area contributed by atoms with Crippen LogP contribution in [0.5, 0.6) is 5.75 Å². The van der Waals surface area contributed by atoms with Crippen LogP contribution < -0.4 is 10.1 Å². The molecule has 1 heterocycles. The van der Waals surface area contributed by atoms with E-state index in [1.54, 1.807) is 19.1 Å². The van der Waals surface area contributed by atoms with Gasteiger partial charge >= 0.3 is 11.9 Å². The van der Waals surface area contributed by atoms with Crippen LogP contribution in [0.3, 0.4) is 0 Å². The number of methoxy groups -OCH3 is 2. The van der Waals surface area contributed by atoms with Crippen LogP contribution in [-0.2, 0) is 20.7 Å². The van der Waals surface area contributed by atoms with Gasteiger partial charge in [-0.05, 0) is 36.6 Å². The zero-order valence-electron chi connectivity index (χ0n) is 15.6. The SMILES string of the molecule is CCc1ccc(OCC(=O)Nc2sc(C(=O)OC)c(C)c2C(=O)OC)cc1. The van der Waals surface area contributed by atoms with E-state index in [0.29, 0.717) is 11.3 Å². The van der Waals surface area contributed by atoms with Gasteiger partial charge in [0.05, 0.1) is 19.8 Å². The Morgan fingerprint density at radius 2 is 1.67 bits per heavy atom. The van der Waals surface area contributed by atoms with E-state index >= 15 is 0 Å². The number of esters is 2. The first-order valence-corrected chi connectivity index (χ1v) is 9.04. The molecule has 144 valence electrons. The maximum atomic E-state index is 12.2. The third-order valence-electron chi connectivity index (χ3n) is 3.86. The minimum atomic E-state index is -0.648. The van der Waals surface area contributed by atoms with E-state index in [4.69, 9.17) is 14.2 Å². The summed E-state index contributed by atoms with van der Waals surface area (Å²) in [6.07, 6.45) is 0.914. The molecule has 0 aliphatic carbocycles. The van der Waals surface area contributed by atoms with Crippen LogP contribution in [0, 0.1) is 6.92 Å². The molecule has 0 aliphatic rings. The molecule has 27 heavy (non-hydrogen) atoms. The molecule has 2 rings (SSSR count). The number of anilines is 1. The van der Waals surface area contributed by atoms with E-state index in [9.17, 15) is 14.4 Å². The molecular formula is C19H21NO6S. The summed E-state index contributed by atoms with van der Waals surface area (Å²) in [4.78, 5) is 36.4. The normalized spacial score (nSPS) is 10.2. The first-order chi connectivity index (χ1) is 12.9. The number of amides is 1. The molecule has 0 bridgehead atoms. The van der Waals surface area contributed by atoms with Crippen LogP contribution in [0.1, 0.15) is 38.1 Å². The molecule has 0 aliphatic heterocycles. The van der Waals surface area contributed by atoms with Crippen molar-refractivity contribution in [1.82, 2.24) is 0 Å². The van der Waals surface area contributed by atoms with Crippen LogP contribution in [0.4, 0.5) is 5.00 Å². The predicted molar refractivity (Wildman–Crippen MR) is 102 cm³/mol. The van der Waals surface area contributed by atoms with Crippen LogP contribution in [0.15, 0.2) is 24.3 Å². The fourth-order valence-electron chi connectivity index (χ4n) is 2.37. The first kappa shape index (κ1) is 20.4. The molecule has 8 heteroatoms. The van der Waals surface area contributed by atoms with Crippen molar-refractivity contribution in [1.29, 1.82) is 0 Å². The summed E-state index contributed by atoms with van der Waals surface area (Å²) in [5, 5.41) is 2.82. The summed E-state index contributed by atoms with van der Waals surface area (Å²) in [7, 11) is 2.47. The van der Waals surface area contributed by atoms with Gasteiger partial charge in [0.2, 0.25) is 0 Å². The fraction of sp³-hybridized carbons (Fsp3) is 0.316.